The van der Waals surface area contributed by atoms with Crippen LogP contribution in [0.3, 0.4) is 0 Å². The molecule has 0 aromatic carbocycles. The predicted molar refractivity (Wildman–Crippen MR) is 61.4 cm³/mol. The number of nitrogen functional groups attached to an aromatic ring is 1. The van der Waals surface area contributed by atoms with E-state index >= 15 is 0 Å². The summed E-state index contributed by atoms with van der Waals surface area (Å²) in [4.78, 5) is 7.96. The molecule has 0 aliphatic rings. The molecule has 15 heavy (non-hydrogen) atoms. The lowest BCUT2D eigenvalue weighted by Crippen LogP contribution is -2.15. The predicted octanol–water partition coefficient (Wildman–Crippen LogP) is -0.0300. The zero-order valence-electron chi connectivity index (χ0n) is 7.72. The van der Waals surface area contributed by atoms with Gasteiger partial charge < -0.3 is 10.2 Å². The highest BCUT2D eigenvalue weighted by Gasteiger charge is 2.08. The van der Waals surface area contributed by atoms with Gasteiger partial charge in [0.15, 0.2) is 0 Å². The number of hydrogen-bond acceptors (Lipinski definition) is 7. The third-order valence-corrected chi connectivity index (χ3v) is 3.44. The van der Waals surface area contributed by atoms with Crippen LogP contribution in [-0.2, 0) is 0 Å². The summed E-state index contributed by atoms with van der Waals surface area (Å²) in [7, 11) is 0. The highest BCUT2D eigenvalue weighted by molar-refractivity contribution is 9.10. The van der Waals surface area contributed by atoms with Gasteiger partial charge in [-0.2, -0.15) is 0 Å². The first kappa shape index (κ1) is 12.7. The van der Waals surface area contributed by atoms with Gasteiger partial charge in [-0.25, -0.2) is 15.8 Å². The summed E-state index contributed by atoms with van der Waals surface area (Å²) in [6, 6.07) is 0. The molecule has 1 aromatic rings. The normalized spacial score (nSPS) is 12.5. The molecule has 0 bridgehead atoms. The quantitative estimate of drug-likeness (QED) is 0.262. The molecule has 0 saturated heterocycles. The van der Waals surface area contributed by atoms with Crippen molar-refractivity contribution in [3.05, 3.63) is 10.7 Å². The Labute approximate surface area is 99.4 Å². The Morgan fingerprint density at radius 1 is 1.67 bits per heavy atom. The van der Waals surface area contributed by atoms with Gasteiger partial charge in [-0.05, 0) is 15.9 Å². The van der Waals surface area contributed by atoms with Crippen LogP contribution >= 0.6 is 27.7 Å². The standard InChI is InChI=1S/C7H11BrN4O2S/c8-5-1-10-7(12-9)11-6(5)15-3-4(14)2-13/h1,4,13-14H,2-3,9H2,(H,10,11,12). The van der Waals surface area contributed by atoms with Crippen molar-refractivity contribution in [1.82, 2.24) is 9.97 Å². The molecule has 5 N–H and O–H groups in total. The van der Waals surface area contributed by atoms with Crippen molar-refractivity contribution in [3.63, 3.8) is 0 Å². The average Bonchev–Trinajstić information content (AvgIpc) is 2.27. The number of hydrogen-bond donors (Lipinski definition) is 4. The Morgan fingerprint density at radius 2 is 2.40 bits per heavy atom. The maximum Gasteiger partial charge on any atom is 0.238 e. The number of nitrogens with one attached hydrogen (secondary N) is 1. The third kappa shape index (κ3) is 3.92. The van der Waals surface area contributed by atoms with Crippen LogP contribution in [0.1, 0.15) is 0 Å². The molecule has 0 aliphatic carbocycles. The number of rotatable bonds is 5. The molecule has 1 unspecified atom stereocenters. The summed E-state index contributed by atoms with van der Waals surface area (Å²) in [6.45, 7) is -0.266. The smallest absolute Gasteiger partial charge is 0.238 e. The number of anilines is 1. The van der Waals surface area contributed by atoms with Crippen LogP contribution in [0.2, 0.25) is 0 Å². The van der Waals surface area contributed by atoms with Crippen LogP contribution in [0.15, 0.2) is 15.7 Å². The molecule has 0 saturated carbocycles. The number of aliphatic hydroxyl groups excluding tert-OH is 2. The van der Waals surface area contributed by atoms with Crippen molar-refractivity contribution in [2.45, 2.75) is 11.1 Å². The first-order valence-electron chi connectivity index (χ1n) is 4.08. The van der Waals surface area contributed by atoms with Gasteiger partial charge in [0.1, 0.15) is 5.03 Å². The van der Waals surface area contributed by atoms with Gasteiger partial charge in [-0.15, -0.1) is 11.8 Å². The summed E-state index contributed by atoms with van der Waals surface area (Å²) < 4.78 is 0.719. The number of aliphatic hydroxyl groups is 2. The summed E-state index contributed by atoms with van der Waals surface area (Å²) in [5.74, 6) is 5.82. The Morgan fingerprint density at radius 3 is 3.00 bits per heavy atom. The molecule has 1 aromatic heterocycles. The zero-order valence-corrected chi connectivity index (χ0v) is 10.1. The lowest BCUT2D eigenvalue weighted by molar-refractivity contribution is 0.113. The fourth-order valence-corrected chi connectivity index (χ4v) is 2.08. The minimum Gasteiger partial charge on any atom is -0.394 e. The van der Waals surface area contributed by atoms with Crippen LogP contribution in [-0.4, -0.2) is 38.6 Å². The van der Waals surface area contributed by atoms with E-state index in [-0.39, 0.29) is 6.61 Å². The molecule has 1 rings (SSSR count). The molecule has 8 heteroatoms. The van der Waals surface area contributed by atoms with E-state index in [9.17, 15) is 0 Å². The number of halogens is 1. The molecule has 0 fully saturated rings. The summed E-state index contributed by atoms with van der Waals surface area (Å²) in [6.07, 6.45) is 0.807. The maximum atomic E-state index is 9.17. The molecule has 84 valence electrons. The number of aromatic nitrogens is 2. The fourth-order valence-electron chi connectivity index (χ4n) is 0.750. The van der Waals surface area contributed by atoms with Crippen molar-refractivity contribution in [3.8, 4) is 0 Å². The van der Waals surface area contributed by atoms with Crippen molar-refractivity contribution in [1.29, 1.82) is 0 Å². The topological polar surface area (TPSA) is 104 Å². The van der Waals surface area contributed by atoms with Gasteiger partial charge in [-0.1, -0.05) is 0 Å². The minimum atomic E-state index is -0.758. The van der Waals surface area contributed by atoms with Crippen molar-refractivity contribution >= 4 is 33.6 Å². The molecular formula is C7H11BrN4O2S. The zero-order chi connectivity index (χ0) is 11.3. The van der Waals surface area contributed by atoms with E-state index < -0.39 is 6.10 Å². The number of thioether (sulfide) groups is 1. The molecule has 0 amide bonds. The third-order valence-electron chi connectivity index (χ3n) is 1.46. The van der Waals surface area contributed by atoms with Gasteiger partial charge in [0.2, 0.25) is 5.95 Å². The number of hydrazine groups is 1. The second-order valence-electron chi connectivity index (χ2n) is 2.64. The highest BCUT2D eigenvalue weighted by Crippen LogP contribution is 2.25. The van der Waals surface area contributed by atoms with E-state index in [0.29, 0.717) is 16.7 Å². The van der Waals surface area contributed by atoms with Gasteiger partial charge >= 0.3 is 0 Å². The summed E-state index contributed by atoms with van der Waals surface area (Å²) in [5, 5.41) is 18.5. The molecule has 0 aliphatic heterocycles. The lowest BCUT2D eigenvalue weighted by atomic mass is 10.4. The van der Waals surface area contributed by atoms with Crippen molar-refractivity contribution in [2.24, 2.45) is 5.84 Å². The van der Waals surface area contributed by atoms with E-state index in [2.05, 4.69) is 31.3 Å². The second kappa shape index (κ2) is 6.23. The molecule has 0 spiro atoms. The van der Waals surface area contributed by atoms with Crippen molar-refractivity contribution in [2.75, 3.05) is 17.8 Å². The van der Waals surface area contributed by atoms with Crippen LogP contribution in [0.25, 0.3) is 0 Å². The molecule has 0 radical (unpaired) electrons. The van der Waals surface area contributed by atoms with Gasteiger partial charge in [0.25, 0.3) is 0 Å². The van der Waals surface area contributed by atoms with Crippen LogP contribution in [0.5, 0.6) is 0 Å². The summed E-state index contributed by atoms with van der Waals surface area (Å²) in [5.41, 5.74) is 2.33. The average molecular weight is 295 g/mol. The highest BCUT2D eigenvalue weighted by atomic mass is 79.9. The lowest BCUT2D eigenvalue weighted by Gasteiger charge is -2.07. The first-order valence-corrected chi connectivity index (χ1v) is 5.86. The van der Waals surface area contributed by atoms with E-state index in [0.717, 1.165) is 4.47 Å². The van der Waals surface area contributed by atoms with Crippen LogP contribution in [0.4, 0.5) is 5.95 Å². The largest absolute Gasteiger partial charge is 0.394 e. The Balaban J connectivity index is 2.66. The molecule has 1 heterocycles. The number of nitrogens with zero attached hydrogens (tertiary/aromatic N) is 2. The first-order chi connectivity index (χ1) is 7.17. The molecule has 6 nitrogen and oxygen atoms in total. The van der Waals surface area contributed by atoms with Gasteiger partial charge in [0, 0.05) is 11.9 Å². The maximum absolute atomic E-state index is 9.17. The minimum absolute atomic E-state index is 0.266. The Bertz CT molecular complexity index is 328. The van der Waals surface area contributed by atoms with Crippen LogP contribution in [0, 0.1) is 0 Å². The van der Waals surface area contributed by atoms with E-state index in [1.165, 1.54) is 11.8 Å². The SMILES string of the molecule is NNc1ncc(Br)c(SCC(O)CO)n1. The van der Waals surface area contributed by atoms with Gasteiger partial charge in [-0.3, -0.25) is 5.43 Å². The van der Waals surface area contributed by atoms with E-state index in [4.69, 9.17) is 16.1 Å². The second-order valence-corrected chi connectivity index (χ2v) is 4.50. The fraction of sp³-hybridized carbons (Fsp3) is 0.429. The Kier molecular flexibility index (Phi) is 5.26. The monoisotopic (exact) mass is 294 g/mol. The summed E-state index contributed by atoms with van der Waals surface area (Å²) >= 11 is 4.58. The Hall–Kier alpha value is -0.410. The number of nitrogens with two attached hydrogens (primary N) is 1. The van der Waals surface area contributed by atoms with Gasteiger partial charge in [0.05, 0.1) is 17.2 Å². The van der Waals surface area contributed by atoms with E-state index in [1.807, 2.05) is 0 Å². The molecule has 1 atom stereocenters. The molecular weight excluding hydrogens is 284 g/mol. The van der Waals surface area contributed by atoms with Crippen molar-refractivity contribution < 1.29 is 10.2 Å². The van der Waals surface area contributed by atoms with E-state index in [1.54, 1.807) is 6.20 Å². The van der Waals surface area contributed by atoms with Crippen LogP contribution < -0.4 is 11.3 Å².